The van der Waals surface area contributed by atoms with Crippen LogP contribution in [0.15, 0.2) is 29.6 Å². The molecule has 0 aromatic carbocycles. The molecule has 1 saturated heterocycles. The topological polar surface area (TPSA) is 59.2 Å². The van der Waals surface area contributed by atoms with Crippen LogP contribution in [-0.2, 0) is 0 Å². The number of aromatic nitrogens is 5. The van der Waals surface area contributed by atoms with Crippen LogP contribution >= 0.6 is 11.3 Å². The van der Waals surface area contributed by atoms with Crippen molar-refractivity contribution >= 4 is 22.8 Å². The summed E-state index contributed by atoms with van der Waals surface area (Å²) in [6, 6.07) is 8.64. The second-order valence-corrected chi connectivity index (χ2v) is 5.56. The Morgan fingerprint density at radius 3 is 3.16 bits per heavy atom. The first-order chi connectivity index (χ1) is 9.42. The number of anilines is 1. The van der Waals surface area contributed by atoms with Gasteiger partial charge in [-0.15, -0.1) is 26.2 Å². The van der Waals surface area contributed by atoms with Gasteiger partial charge in [-0.05, 0) is 46.8 Å². The molecule has 0 radical (unpaired) electrons. The van der Waals surface area contributed by atoms with E-state index in [-0.39, 0.29) is 0 Å². The maximum Gasteiger partial charge on any atom is 0.200 e. The average molecular weight is 272 g/mol. The van der Waals surface area contributed by atoms with Crippen molar-refractivity contribution in [3.8, 4) is 0 Å². The Morgan fingerprint density at radius 1 is 1.26 bits per heavy atom. The van der Waals surface area contributed by atoms with Gasteiger partial charge in [0, 0.05) is 11.4 Å². The standard InChI is InChI=1S/C12H12N6S/c1-3-9(10-4-2-8-19-10)17(7-1)12-6-5-11-13-15-16-18(11)14-12/h2,4-6,8-9H,1,3,7H2/t9-/m1/s1. The van der Waals surface area contributed by atoms with E-state index in [2.05, 4.69) is 43.0 Å². The zero-order valence-electron chi connectivity index (χ0n) is 10.2. The lowest BCUT2D eigenvalue weighted by molar-refractivity contribution is 0.686. The molecule has 3 aromatic heterocycles. The Kier molecular flexibility index (Phi) is 2.44. The molecule has 4 rings (SSSR count). The van der Waals surface area contributed by atoms with Gasteiger partial charge in [0.25, 0.3) is 0 Å². The van der Waals surface area contributed by atoms with E-state index >= 15 is 0 Å². The first-order valence-corrected chi connectivity index (χ1v) is 7.15. The van der Waals surface area contributed by atoms with Gasteiger partial charge in [0.2, 0.25) is 0 Å². The van der Waals surface area contributed by atoms with Crippen LogP contribution in [-0.4, -0.2) is 31.8 Å². The van der Waals surface area contributed by atoms with Crippen LogP contribution in [0, 0.1) is 0 Å². The van der Waals surface area contributed by atoms with Gasteiger partial charge in [-0.2, -0.15) is 0 Å². The lowest BCUT2D eigenvalue weighted by Gasteiger charge is -2.24. The fraction of sp³-hybridized carbons (Fsp3) is 0.333. The molecule has 0 bridgehead atoms. The summed E-state index contributed by atoms with van der Waals surface area (Å²) in [5.74, 6) is 0.940. The molecule has 96 valence electrons. The number of fused-ring (bicyclic) bond motifs is 1. The van der Waals surface area contributed by atoms with E-state index in [0.717, 1.165) is 12.4 Å². The first-order valence-electron chi connectivity index (χ1n) is 6.27. The summed E-state index contributed by atoms with van der Waals surface area (Å²) in [4.78, 5) is 3.74. The maximum absolute atomic E-state index is 4.49. The van der Waals surface area contributed by atoms with E-state index in [1.165, 1.54) is 22.3 Å². The van der Waals surface area contributed by atoms with Crippen LogP contribution in [0.5, 0.6) is 0 Å². The molecule has 7 heteroatoms. The second kappa shape index (κ2) is 4.27. The number of rotatable bonds is 2. The highest BCUT2D eigenvalue weighted by Crippen LogP contribution is 2.36. The van der Waals surface area contributed by atoms with E-state index in [9.17, 15) is 0 Å². The monoisotopic (exact) mass is 272 g/mol. The summed E-state index contributed by atoms with van der Waals surface area (Å²) < 4.78 is 1.49. The minimum atomic E-state index is 0.432. The normalized spacial score (nSPS) is 19.4. The van der Waals surface area contributed by atoms with E-state index in [1.807, 2.05) is 23.5 Å². The fourth-order valence-corrected chi connectivity index (χ4v) is 3.48. The largest absolute Gasteiger partial charge is 0.347 e. The highest BCUT2D eigenvalue weighted by atomic mass is 32.1. The van der Waals surface area contributed by atoms with Crippen molar-refractivity contribution in [1.82, 2.24) is 25.3 Å². The average Bonchev–Trinajstić information content (AvgIpc) is 3.18. The molecular formula is C12H12N6S. The van der Waals surface area contributed by atoms with Gasteiger partial charge < -0.3 is 4.90 Å². The Bertz CT molecular complexity index is 691. The van der Waals surface area contributed by atoms with Gasteiger partial charge in [0.1, 0.15) is 0 Å². The van der Waals surface area contributed by atoms with E-state index in [1.54, 1.807) is 0 Å². The smallest absolute Gasteiger partial charge is 0.200 e. The lowest BCUT2D eigenvalue weighted by atomic mass is 10.2. The lowest BCUT2D eigenvalue weighted by Crippen LogP contribution is -2.23. The fourth-order valence-electron chi connectivity index (χ4n) is 2.61. The number of thiophene rings is 1. The molecule has 6 nitrogen and oxygen atoms in total. The number of tetrazole rings is 1. The van der Waals surface area contributed by atoms with Crippen molar-refractivity contribution in [2.24, 2.45) is 0 Å². The Hall–Kier alpha value is -2.02. The maximum atomic E-state index is 4.49. The second-order valence-electron chi connectivity index (χ2n) is 4.58. The predicted molar refractivity (Wildman–Crippen MR) is 72.2 cm³/mol. The number of nitrogens with zero attached hydrogens (tertiary/aromatic N) is 6. The van der Waals surface area contributed by atoms with Crippen molar-refractivity contribution in [1.29, 1.82) is 0 Å². The molecule has 0 aliphatic carbocycles. The number of hydrogen-bond donors (Lipinski definition) is 0. The first kappa shape index (κ1) is 10.9. The van der Waals surface area contributed by atoms with Gasteiger partial charge in [0.05, 0.1) is 6.04 Å². The number of hydrogen-bond acceptors (Lipinski definition) is 6. The van der Waals surface area contributed by atoms with Crippen molar-refractivity contribution in [2.45, 2.75) is 18.9 Å². The van der Waals surface area contributed by atoms with Crippen LogP contribution in [0.4, 0.5) is 5.82 Å². The highest BCUT2D eigenvalue weighted by molar-refractivity contribution is 7.10. The summed E-state index contributed by atoms with van der Waals surface area (Å²) in [7, 11) is 0. The van der Waals surface area contributed by atoms with Crippen LogP contribution < -0.4 is 4.90 Å². The summed E-state index contributed by atoms with van der Waals surface area (Å²) in [5.41, 5.74) is 0.677. The zero-order valence-corrected chi connectivity index (χ0v) is 11.0. The van der Waals surface area contributed by atoms with E-state index < -0.39 is 0 Å². The third-order valence-corrected chi connectivity index (χ3v) is 4.45. The van der Waals surface area contributed by atoms with Gasteiger partial charge in [-0.3, -0.25) is 0 Å². The molecule has 3 aromatic rings. The molecule has 19 heavy (non-hydrogen) atoms. The molecule has 0 unspecified atom stereocenters. The van der Waals surface area contributed by atoms with E-state index in [4.69, 9.17) is 0 Å². The molecule has 1 aliphatic rings. The quantitative estimate of drug-likeness (QED) is 0.713. The summed E-state index contributed by atoms with van der Waals surface area (Å²) in [5, 5.41) is 18.0. The third-order valence-electron chi connectivity index (χ3n) is 3.47. The molecule has 0 amide bonds. The molecule has 0 N–H and O–H groups in total. The Labute approximate surface area is 113 Å². The van der Waals surface area contributed by atoms with Gasteiger partial charge in [-0.25, -0.2) is 0 Å². The summed E-state index contributed by atoms with van der Waals surface area (Å²) in [6.45, 7) is 1.03. The van der Waals surface area contributed by atoms with Gasteiger partial charge >= 0.3 is 0 Å². The predicted octanol–water partition coefficient (Wildman–Crippen LogP) is 1.92. The molecule has 0 saturated carbocycles. The Morgan fingerprint density at radius 2 is 2.26 bits per heavy atom. The van der Waals surface area contributed by atoms with Crippen LogP contribution in [0.2, 0.25) is 0 Å². The zero-order chi connectivity index (χ0) is 12.7. The van der Waals surface area contributed by atoms with Crippen LogP contribution in [0.3, 0.4) is 0 Å². The Balaban J connectivity index is 1.73. The molecule has 1 aliphatic heterocycles. The van der Waals surface area contributed by atoms with Crippen LogP contribution in [0.25, 0.3) is 5.65 Å². The molecular weight excluding hydrogens is 260 g/mol. The molecule has 1 atom stereocenters. The minimum Gasteiger partial charge on any atom is -0.347 e. The van der Waals surface area contributed by atoms with E-state index in [0.29, 0.717) is 11.7 Å². The SMILES string of the molecule is c1csc([C@H]2CCCN2c2ccc3nnnn3n2)c1. The summed E-state index contributed by atoms with van der Waals surface area (Å²) in [6.07, 6.45) is 2.37. The summed E-state index contributed by atoms with van der Waals surface area (Å²) >= 11 is 1.81. The molecule has 1 fully saturated rings. The van der Waals surface area contributed by atoms with Crippen molar-refractivity contribution in [2.75, 3.05) is 11.4 Å². The minimum absolute atomic E-state index is 0.432. The molecule has 4 heterocycles. The van der Waals surface area contributed by atoms with Gasteiger partial charge in [-0.1, -0.05) is 6.07 Å². The van der Waals surface area contributed by atoms with Crippen LogP contribution in [0.1, 0.15) is 23.8 Å². The van der Waals surface area contributed by atoms with Crippen molar-refractivity contribution < 1.29 is 0 Å². The van der Waals surface area contributed by atoms with Gasteiger partial charge in [0.15, 0.2) is 11.5 Å². The molecule has 0 spiro atoms. The highest BCUT2D eigenvalue weighted by Gasteiger charge is 2.28. The van der Waals surface area contributed by atoms with Crippen molar-refractivity contribution in [3.05, 3.63) is 34.5 Å². The third kappa shape index (κ3) is 1.77. The van der Waals surface area contributed by atoms with Crippen molar-refractivity contribution in [3.63, 3.8) is 0 Å².